The van der Waals surface area contributed by atoms with Gasteiger partial charge in [-0.05, 0) is 94.4 Å². The van der Waals surface area contributed by atoms with Crippen LogP contribution in [0.3, 0.4) is 0 Å². The van der Waals surface area contributed by atoms with E-state index in [-0.39, 0.29) is 43.9 Å². The van der Waals surface area contributed by atoms with E-state index in [0.717, 1.165) is 16.7 Å². The first kappa shape index (κ1) is 66.7. The van der Waals surface area contributed by atoms with E-state index >= 15 is 0 Å². The quantitative estimate of drug-likeness (QED) is 0.110. The number of carbonyl (C=O) groups excluding carboxylic acids is 3. The number of nitrogens with two attached hydrogens (primary N) is 1. The zero-order chi connectivity index (χ0) is 54.2. The normalized spacial score (nSPS) is 14.1. The molecule has 3 rings (SSSR count). The summed E-state index contributed by atoms with van der Waals surface area (Å²) in [5, 5.41) is 5.94. The first-order valence-corrected chi connectivity index (χ1v) is 37.1. The molecule has 398 valence electrons. The number of carbonyl (C=O) groups is 3. The lowest BCUT2D eigenvalue weighted by Gasteiger charge is -2.36. The van der Waals surface area contributed by atoms with Crippen molar-refractivity contribution in [2.24, 2.45) is 13.2 Å². The summed E-state index contributed by atoms with van der Waals surface area (Å²) < 4.78 is 63.0. The van der Waals surface area contributed by atoms with Crippen molar-refractivity contribution in [2.45, 2.75) is 172 Å². The minimum atomic E-state index is -3.53. The molecule has 0 radical (unpaired) electrons. The van der Waals surface area contributed by atoms with Crippen LogP contribution in [0.4, 0.5) is 0 Å². The number of halogens is 1. The fraction of sp³-hybridized carbons (Fsp3) is 0.562. The van der Waals surface area contributed by atoms with Gasteiger partial charge in [0.05, 0.1) is 14.7 Å². The fourth-order valence-electron chi connectivity index (χ4n) is 5.04. The Balaban J connectivity index is 0.00000101. The van der Waals surface area contributed by atoms with Crippen molar-refractivity contribution in [3.63, 3.8) is 0 Å². The van der Waals surface area contributed by atoms with Crippen LogP contribution >= 0.6 is 10.7 Å². The molecule has 0 fully saturated rings. The van der Waals surface area contributed by atoms with Gasteiger partial charge < -0.3 is 20.9 Å². The SMILES string of the molecule is CC(=O)N(C)Cc1ccc(S(=O)(=O)N[Si](C)(C)C(C)(C)C)cc1.CC(=O)N(C)Cc1ccc(S(=O)(Cl)=N[Si](C)(C)C(C)(C)C)cc1.CC(=O)N(C)Cc1ccc(S(N)(=O)=N[Si](C)(C)C(C)(C)C)cc1.N. The zero-order valence-electron chi connectivity index (χ0n) is 46.0. The maximum atomic E-state index is 12.9. The third kappa shape index (κ3) is 20.3. The van der Waals surface area contributed by atoms with Crippen molar-refractivity contribution in [1.82, 2.24) is 25.2 Å². The van der Waals surface area contributed by atoms with Gasteiger partial charge in [-0.1, -0.05) is 112 Å². The summed E-state index contributed by atoms with van der Waals surface area (Å²) in [6, 6.07) is 21.1. The molecule has 0 saturated heterocycles. The maximum absolute atomic E-state index is 12.9. The topological polar surface area (TPSA) is 227 Å². The van der Waals surface area contributed by atoms with Crippen LogP contribution in [0, 0.1) is 0 Å². The predicted octanol–water partition coefficient (Wildman–Crippen LogP) is 11.1. The van der Waals surface area contributed by atoms with E-state index in [1.807, 2.05) is 37.4 Å². The van der Waals surface area contributed by atoms with Crippen LogP contribution in [-0.4, -0.2) is 95.1 Å². The minimum Gasteiger partial charge on any atom is -0.344 e. The number of hydrogen-bond acceptors (Lipinski definition) is 10. The summed E-state index contributed by atoms with van der Waals surface area (Å²) in [5.74, 6) is -0.0194. The molecule has 15 nitrogen and oxygen atoms in total. The number of benzene rings is 3. The Morgan fingerprint density at radius 3 is 1.07 bits per heavy atom. The fourth-order valence-corrected chi connectivity index (χ4v) is 20.9. The van der Waals surface area contributed by atoms with E-state index in [2.05, 4.69) is 101 Å². The highest BCUT2D eigenvalue weighted by atomic mass is 35.7. The van der Waals surface area contributed by atoms with Gasteiger partial charge in [-0.2, -0.15) is 0 Å². The molecule has 0 spiro atoms. The van der Waals surface area contributed by atoms with Crippen molar-refractivity contribution in [1.29, 1.82) is 0 Å². The number of nitrogens with one attached hydrogen (secondary N) is 1. The lowest BCUT2D eigenvalue weighted by Crippen LogP contribution is -2.54. The highest BCUT2D eigenvalue weighted by Crippen LogP contribution is 2.40. The van der Waals surface area contributed by atoms with E-state index in [9.17, 15) is 31.2 Å². The molecule has 6 N–H and O–H groups in total. The Kier molecular flexibility index (Phi) is 23.9. The lowest BCUT2D eigenvalue weighted by atomic mass is 10.2. The number of nitrogens with zero attached hydrogens (tertiary/aromatic N) is 5. The highest BCUT2D eigenvalue weighted by molar-refractivity contribution is 8.16. The van der Waals surface area contributed by atoms with Crippen LogP contribution in [0.15, 0.2) is 95.5 Å². The summed E-state index contributed by atoms with van der Waals surface area (Å²) in [5.41, 5.74) is 2.83. The van der Waals surface area contributed by atoms with Crippen molar-refractivity contribution < 1.29 is 31.2 Å². The van der Waals surface area contributed by atoms with Crippen LogP contribution < -0.4 is 15.7 Å². The molecule has 2 atom stereocenters. The molecule has 3 aromatic rings. The van der Waals surface area contributed by atoms with Gasteiger partial charge in [0, 0.05) is 72.2 Å². The van der Waals surface area contributed by atoms with Gasteiger partial charge in [0.2, 0.25) is 27.7 Å². The van der Waals surface area contributed by atoms with Gasteiger partial charge in [0.25, 0.3) is 0 Å². The molecule has 3 amide bonds. The van der Waals surface area contributed by atoms with Crippen molar-refractivity contribution in [3.05, 3.63) is 89.5 Å². The molecule has 0 aliphatic heterocycles. The van der Waals surface area contributed by atoms with Crippen molar-refractivity contribution >= 4 is 82.0 Å². The van der Waals surface area contributed by atoms with Gasteiger partial charge >= 0.3 is 0 Å². The molecular formula is C48H87ClN8O7S3Si3. The predicted molar refractivity (Wildman–Crippen MR) is 300 cm³/mol. The van der Waals surface area contributed by atoms with Crippen molar-refractivity contribution in [2.75, 3.05) is 21.1 Å². The summed E-state index contributed by atoms with van der Waals surface area (Å²) in [6.45, 7) is 37.2. The molecule has 0 bridgehead atoms. The highest BCUT2D eigenvalue weighted by Gasteiger charge is 2.40. The summed E-state index contributed by atoms with van der Waals surface area (Å²) in [4.78, 5) is 39.9. The van der Waals surface area contributed by atoms with Crippen LogP contribution in [0.2, 0.25) is 54.4 Å². The lowest BCUT2D eigenvalue weighted by molar-refractivity contribution is -0.128. The Bertz CT molecular complexity index is 2490. The third-order valence-corrected chi connectivity index (χ3v) is 37.0. The van der Waals surface area contributed by atoms with Gasteiger partial charge in [-0.15, -0.1) is 0 Å². The Morgan fingerprint density at radius 2 is 0.800 bits per heavy atom. The first-order chi connectivity index (χ1) is 30.8. The van der Waals surface area contributed by atoms with E-state index in [1.165, 1.54) is 20.8 Å². The van der Waals surface area contributed by atoms with E-state index in [4.69, 9.17) is 15.8 Å². The second kappa shape index (κ2) is 25.1. The second-order valence-electron chi connectivity index (χ2n) is 22.4. The zero-order valence-corrected chi connectivity index (χ0v) is 52.2. The van der Waals surface area contributed by atoms with Gasteiger partial charge in [-0.3, -0.25) is 22.4 Å². The smallest absolute Gasteiger partial charge is 0.234 e. The van der Waals surface area contributed by atoms with Crippen LogP contribution in [0.25, 0.3) is 0 Å². The van der Waals surface area contributed by atoms with Crippen LogP contribution in [-0.2, 0) is 62.9 Å². The third-order valence-electron chi connectivity index (χ3n) is 13.2. The molecule has 0 aliphatic carbocycles. The molecular weight excluding hydrogens is 1020 g/mol. The first-order valence-electron chi connectivity index (χ1n) is 22.8. The number of hydrogen-bond donors (Lipinski definition) is 3. The molecule has 0 aliphatic rings. The Hall–Kier alpha value is -3.26. The van der Waals surface area contributed by atoms with Gasteiger partial charge in [0.15, 0.2) is 25.4 Å². The number of sulfonamides is 1. The van der Waals surface area contributed by atoms with Crippen LogP contribution in [0.1, 0.15) is 99.8 Å². The standard InChI is InChI=1S/C16H27ClN2O2SSi.C16H29N3O2SSi.C16H28N2O3SSi.H3N/c2*1-13(20)19(5)12-14-8-10-15(11-9-14)22(17,21)18-23(6,7)16(2,3)4;1-13(19)18(5)12-14-8-10-15(11-9-14)22(20,21)17-23(6,7)16(2,3)4;/h8-11H,12H2,1-7H3;8-11H,12H2,1-7H3,(H2,17,18,21);8-11,17H,12H2,1-7H3;1H3. The number of rotatable bonds is 13. The summed E-state index contributed by atoms with van der Waals surface area (Å²) in [6.07, 6.45) is 0. The van der Waals surface area contributed by atoms with E-state index in [0.29, 0.717) is 29.4 Å². The summed E-state index contributed by atoms with van der Waals surface area (Å²) in [7, 11) is -4.26. The largest absolute Gasteiger partial charge is 0.344 e. The summed E-state index contributed by atoms with van der Waals surface area (Å²) >= 11 is 0. The monoisotopic (exact) mass is 1100 g/mol. The van der Waals surface area contributed by atoms with E-state index < -0.39 is 53.6 Å². The molecule has 2 unspecified atom stereocenters. The molecule has 0 heterocycles. The molecule has 0 saturated carbocycles. The molecule has 22 heteroatoms. The van der Waals surface area contributed by atoms with Crippen molar-refractivity contribution in [3.8, 4) is 0 Å². The molecule has 3 aromatic carbocycles. The Labute approximate surface area is 431 Å². The van der Waals surface area contributed by atoms with Crippen LogP contribution in [0.5, 0.6) is 0 Å². The van der Waals surface area contributed by atoms with Gasteiger partial charge in [-0.25, -0.2) is 26.4 Å². The average Bonchev–Trinajstić information content (AvgIpc) is 3.16. The minimum absolute atomic E-state index is 0. The maximum Gasteiger partial charge on any atom is 0.234 e. The average molecular weight is 1100 g/mol. The molecule has 0 aromatic heterocycles. The Morgan fingerprint density at radius 1 is 0.529 bits per heavy atom. The molecule has 70 heavy (non-hydrogen) atoms. The second-order valence-corrected chi connectivity index (χ2v) is 44.4. The number of amides is 3. The van der Waals surface area contributed by atoms with Gasteiger partial charge in [0.1, 0.15) is 18.2 Å². The van der Waals surface area contributed by atoms with E-state index in [1.54, 1.807) is 84.4 Å².